The fourth-order valence-electron chi connectivity index (χ4n) is 2.22. The van der Waals surface area contributed by atoms with Crippen molar-refractivity contribution in [1.82, 2.24) is 0 Å². The van der Waals surface area contributed by atoms with Crippen LogP contribution in [0.5, 0.6) is 5.75 Å². The molecule has 0 amide bonds. The summed E-state index contributed by atoms with van der Waals surface area (Å²) in [6.07, 6.45) is 4.17. The quantitative estimate of drug-likeness (QED) is 0.754. The molecule has 86 valence electrons. The van der Waals surface area contributed by atoms with Gasteiger partial charge in [-0.05, 0) is 17.9 Å². The molecule has 2 aromatic rings. The SMILES string of the molecule is CCCC1C=Nc2ccc3ccccc3c2O1. The lowest BCUT2D eigenvalue weighted by Crippen LogP contribution is -2.20. The van der Waals surface area contributed by atoms with E-state index in [2.05, 4.69) is 30.1 Å². The fourth-order valence-corrected chi connectivity index (χ4v) is 2.22. The molecular formula is C15H15NO. The number of hydrogen-bond acceptors (Lipinski definition) is 2. The molecular weight excluding hydrogens is 210 g/mol. The first-order chi connectivity index (χ1) is 8.38. The van der Waals surface area contributed by atoms with Crippen LogP contribution in [0.2, 0.25) is 0 Å². The maximum atomic E-state index is 6.04. The standard InChI is InChI=1S/C15H15NO/c1-2-5-12-10-16-14-9-8-11-6-3-4-7-13(11)15(14)17-12/h3-4,6-10,12H,2,5H2,1H3. The van der Waals surface area contributed by atoms with E-state index >= 15 is 0 Å². The Kier molecular flexibility index (Phi) is 2.56. The van der Waals surface area contributed by atoms with Crippen LogP contribution >= 0.6 is 0 Å². The second-order valence-electron chi connectivity index (χ2n) is 4.36. The van der Waals surface area contributed by atoms with Crippen LogP contribution in [0, 0.1) is 0 Å². The van der Waals surface area contributed by atoms with Gasteiger partial charge in [-0.2, -0.15) is 0 Å². The lowest BCUT2D eigenvalue weighted by Gasteiger charge is -2.21. The minimum atomic E-state index is 0.123. The summed E-state index contributed by atoms with van der Waals surface area (Å²) in [5.41, 5.74) is 0.941. The first-order valence-corrected chi connectivity index (χ1v) is 6.11. The van der Waals surface area contributed by atoms with Gasteiger partial charge in [-0.1, -0.05) is 43.7 Å². The van der Waals surface area contributed by atoms with Gasteiger partial charge in [0.15, 0.2) is 5.75 Å². The van der Waals surface area contributed by atoms with Crippen LogP contribution < -0.4 is 4.74 Å². The molecule has 0 saturated heterocycles. The smallest absolute Gasteiger partial charge is 0.153 e. The average Bonchev–Trinajstić information content (AvgIpc) is 2.39. The van der Waals surface area contributed by atoms with Crippen LogP contribution in [0.3, 0.4) is 0 Å². The molecule has 1 atom stereocenters. The third kappa shape index (κ3) is 1.80. The highest BCUT2D eigenvalue weighted by molar-refractivity contribution is 5.94. The summed E-state index contributed by atoms with van der Waals surface area (Å²) < 4.78 is 6.04. The molecule has 1 aliphatic rings. The van der Waals surface area contributed by atoms with Gasteiger partial charge in [0.05, 0.1) is 0 Å². The Morgan fingerprint density at radius 2 is 2.06 bits per heavy atom. The zero-order valence-corrected chi connectivity index (χ0v) is 9.89. The van der Waals surface area contributed by atoms with E-state index in [1.54, 1.807) is 0 Å². The summed E-state index contributed by atoms with van der Waals surface area (Å²) in [6.45, 7) is 2.16. The van der Waals surface area contributed by atoms with Gasteiger partial charge in [0.25, 0.3) is 0 Å². The normalized spacial score (nSPS) is 17.8. The fraction of sp³-hybridized carbons (Fsp3) is 0.267. The summed E-state index contributed by atoms with van der Waals surface area (Å²) in [4.78, 5) is 4.49. The van der Waals surface area contributed by atoms with Gasteiger partial charge < -0.3 is 4.74 Å². The van der Waals surface area contributed by atoms with Crippen molar-refractivity contribution < 1.29 is 4.74 Å². The maximum absolute atomic E-state index is 6.04. The first kappa shape index (κ1) is 10.3. The van der Waals surface area contributed by atoms with E-state index in [1.165, 1.54) is 5.39 Å². The Labute approximate surface area is 101 Å². The number of nitrogens with zero attached hydrogens (tertiary/aromatic N) is 1. The van der Waals surface area contributed by atoms with Crippen LogP contribution in [-0.4, -0.2) is 12.3 Å². The third-order valence-corrected chi connectivity index (χ3v) is 3.08. The number of rotatable bonds is 2. The van der Waals surface area contributed by atoms with E-state index in [4.69, 9.17) is 4.74 Å². The van der Waals surface area contributed by atoms with E-state index in [0.717, 1.165) is 29.7 Å². The number of fused-ring (bicyclic) bond motifs is 3. The molecule has 0 aromatic heterocycles. The van der Waals surface area contributed by atoms with E-state index in [0.29, 0.717) is 0 Å². The molecule has 0 radical (unpaired) electrons. The van der Waals surface area contributed by atoms with Crippen molar-refractivity contribution in [2.45, 2.75) is 25.9 Å². The van der Waals surface area contributed by atoms with Gasteiger partial charge in [0, 0.05) is 11.6 Å². The summed E-state index contributed by atoms with van der Waals surface area (Å²) in [5.74, 6) is 0.934. The second-order valence-corrected chi connectivity index (χ2v) is 4.36. The third-order valence-electron chi connectivity index (χ3n) is 3.08. The Morgan fingerprint density at radius 1 is 1.18 bits per heavy atom. The predicted octanol–water partition coefficient (Wildman–Crippen LogP) is 4.10. The van der Waals surface area contributed by atoms with Crippen LogP contribution in [-0.2, 0) is 0 Å². The molecule has 0 N–H and O–H groups in total. The van der Waals surface area contributed by atoms with Crippen LogP contribution in [0.25, 0.3) is 10.8 Å². The van der Waals surface area contributed by atoms with Crippen molar-refractivity contribution in [2.75, 3.05) is 0 Å². The van der Waals surface area contributed by atoms with Crippen molar-refractivity contribution >= 4 is 22.7 Å². The lowest BCUT2D eigenvalue weighted by molar-refractivity contribution is 0.259. The minimum absolute atomic E-state index is 0.123. The second kappa shape index (κ2) is 4.21. The summed E-state index contributed by atoms with van der Waals surface area (Å²) in [7, 11) is 0. The Morgan fingerprint density at radius 3 is 2.94 bits per heavy atom. The van der Waals surface area contributed by atoms with Crippen molar-refractivity contribution in [2.24, 2.45) is 4.99 Å². The number of hydrogen-bond donors (Lipinski definition) is 0. The zero-order chi connectivity index (χ0) is 11.7. The number of ether oxygens (including phenoxy) is 1. The zero-order valence-electron chi connectivity index (χ0n) is 9.89. The Bertz CT molecular complexity index is 574. The van der Waals surface area contributed by atoms with Gasteiger partial charge in [-0.15, -0.1) is 0 Å². The molecule has 0 bridgehead atoms. The van der Waals surface area contributed by atoms with E-state index in [9.17, 15) is 0 Å². The molecule has 2 heteroatoms. The molecule has 2 aromatic carbocycles. The lowest BCUT2D eigenvalue weighted by atomic mass is 10.1. The number of aliphatic imine (C=N–C) groups is 1. The molecule has 2 nitrogen and oxygen atoms in total. The summed E-state index contributed by atoms with van der Waals surface area (Å²) >= 11 is 0. The van der Waals surface area contributed by atoms with Gasteiger partial charge in [-0.25, -0.2) is 0 Å². The molecule has 0 spiro atoms. The van der Waals surface area contributed by atoms with Crippen molar-refractivity contribution in [1.29, 1.82) is 0 Å². The van der Waals surface area contributed by atoms with Crippen molar-refractivity contribution in [3.8, 4) is 5.75 Å². The van der Waals surface area contributed by atoms with Gasteiger partial charge in [0.2, 0.25) is 0 Å². The summed E-state index contributed by atoms with van der Waals surface area (Å²) in [6, 6.07) is 12.4. The van der Waals surface area contributed by atoms with E-state index < -0.39 is 0 Å². The molecule has 0 saturated carbocycles. The highest BCUT2D eigenvalue weighted by Gasteiger charge is 2.17. The predicted molar refractivity (Wildman–Crippen MR) is 71.4 cm³/mol. The topological polar surface area (TPSA) is 21.6 Å². The minimum Gasteiger partial charge on any atom is -0.482 e. The molecule has 17 heavy (non-hydrogen) atoms. The van der Waals surface area contributed by atoms with Crippen molar-refractivity contribution in [3.05, 3.63) is 36.4 Å². The first-order valence-electron chi connectivity index (χ1n) is 6.11. The van der Waals surface area contributed by atoms with E-state index in [1.807, 2.05) is 24.4 Å². The van der Waals surface area contributed by atoms with E-state index in [-0.39, 0.29) is 6.10 Å². The molecule has 0 fully saturated rings. The summed E-state index contributed by atoms with van der Waals surface area (Å²) in [5, 5.41) is 2.36. The monoisotopic (exact) mass is 225 g/mol. The van der Waals surface area contributed by atoms with Gasteiger partial charge >= 0.3 is 0 Å². The van der Waals surface area contributed by atoms with Crippen LogP contribution in [0.1, 0.15) is 19.8 Å². The largest absolute Gasteiger partial charge is 0.482 e. The number of benzene rings is 2. The molecule has 0 aliphatic carbocycles. The van der Waals surface area contributed by atoms with Crippen LogP contribution in [0.15, 0.2) is 41.4 Å². The highest BCUT2D eigenvalue weighted by atomic mass is 16.5. The highest BCUT2D eigenvalue weighted by Crippen LogP contribution is 2.38. The maximum Gasteiger partial charge on any atom is 0.153 e. The molecule has 1 unspecified atom stereocenters. The van der Waals surface area contributed by atoms with Crippen LogP contribution in [0.4, 0.5) is 5.69 Å². The molecule has 1 aliphatic heterocycles. The van der Waals surface area contributed by atoms with Gasteiger partial charge in [-0.3, -0.25) is 4.99 Å². The average molecular weight is 225 g/mol. The van der Waals surface area contributed by atoms with Gasteiger partial charge in [0.1, 0.15) is 11.8 Å². The molecule has 3 rings (SSSR count). The Hall–Kier alpha value is -1.83. The molecule has 1 heterocycles. The Balaban J connectivity index is 2.11. The van der Waals surface area contributed by atoms with Crippen molar-refractivity contribution in [3.63, 3.8) is 0 Å².